The van der Waals surface area contributed by atoms with E-state index in [2.05, 4.69) is 5.32 Å². The van der Waals surface area contributed by atoms with E-state index in [1.165, 1.54) is 19.2 Å². The quantitative estimate of drug-likeness (QED) is 0.336. The number of anilines is 1. The first-order valence-corrected chi connectivity index (χ1v) is 14.2. The third-order valence-corrected chi connectivity index (χ3v) is 7.49. The number of carbonyl (C=O) groups excluding carboxylic acids is 3. The lowest BCUT2D eigenvalue weighted by Gasteiger charge is -2.44. The van der Waals surface area contributed by atoms with Gasteiger partial charge in [0.2, 0.25) is 5.91 Å². The fraction of sp³-hybridized carbons (Fsp3) is 0.679. The minimum absolute atomic E-state index is 0.156. The maximum atomic E-state index is 13.4. The number of ether oxygens (including phenoxy) is 3. The highest BCUT2D eigenvalue weighted by atomic mass is 32.2. The van der Waals surface area contributed by atoms with E-state index in [1.807, 2.05) is 20.8 Å². The van der Waals surface area contributed by atoms with Gasteiger partial charge in [-0.2, -0.15) is 8.42 Å². The van der Waals surface area contributed by atoms with Crippen molar-refractivity contribution >= 4 is 33.3 Å². The molecule has 222 valence electrons. The Balaban J connectivity index is 3.34. The maximum absolute atomic E-state index is 13.4. The molecule has 0 bridgehead atoms. The predicted molar refractivity (Wildman–Crippen MR) is 149 cm³/mol. The van der Waals surface area contributed by atoms with Crippen molar-refractivity contribution < 1.29 is 41.6 Å². The molecule has 0 spiro atoms. The highest BCUT2D eigenvalue weighted by Crippen LogP contribution is 2.39. The van der Waals surface area contributed by atoms with Crippen LogP contribution in [0.3, 0.4) is 0 Å². The lowest BCUT2D eigenvalue weighted by atomic mass is 9.71. The molecule has 0 radical (unpaired) electrons. The summed E-state index contributed by atoms with van der Waals surface area (Å²) in [5.41, 5.74) is -3.98. The van der Waals surface area contributed by atoms with Crippen LogP contribution >= 0.6 is 0 Å². The van der Waals surface area contributed by atoms with Gasteiger partial charge < -0.3 is 19.5 Å². The van der Waals surface area contributed by atoms with Crippen LogP contribution in [0.25, 0.3) is 0 Å². The molecule has 2 unspecified atom stereocenters. The fourth-order valence-corrected chi connectivity index (χ4v) is 4.54. The van der Waals surface area contributed by atoms with E-state index in [9.17, 15) is 27.4 Å². The second-order valence-electron chi connectivity index (χ2n) is 12.7. The first kappa shape index (κ1) is 34.7. The Kier molecular flexibility index (Phi) is 10.7. The smallest absolute Gasteiger partial charge is 0.296 e. The van der Waals surface area contributed by atoms with E-state index in [0.717, 1.165) is 6.07 Å². The van der Waals surface area contributed by atoms with E-state index in [0.29, 0.717) is 0 Å². The standard InChI is InChI=1S/C28H45NO9S/c1-17(37-26(5,6)7)23(31)27(8,9)28(10,11)38-20(24(32)25(2,3)4)16-22(30)29-19-14-13-18(36-12)15-21(19)39(33,34)35/h13-15,17,20H,16H2,1-12H3,(H,29,30)(H,33,34,35). The zero-order chi connectivity index (χ0) is 30.8. The van der Waals surface area contributed by atoms with Crippen LogP contribution in [0.15, 0.2) is 23.1 Å². The van der Waals surface area contributed by atoms with Crippen molar-refractivity contribution in [3.05, 3.63) is 18.2 Å². The number of amides is 1. The molecule has 0 aromatic heterocycles. The van der Waals surface area contributed by atoms with Gasteiger partial charge in [0.25, 0.3) is 10.1 Å². The predicted octanol–water partition coefficient (Wildman–Crippen LogP) is 4.85. The topological polar surface area (TPSA) is 145 Å². The Morgan fingerprint density at radius 2 is 1.46 bits per heavy atom. The molecule has 0 saturated carbocycles. The van der Waals surface area contributed by atoms with Gasteiger partial charge in [0.1, 0.15) is 22.9 Å². The van der Waals surface area contributed by atoms with Crippen LogP contribution < -0.4 is 10.1 Å². The minimum Gasteiger partial charge on any atom is -0.497 e. The third-order valence-electron chi connectivity index (χ3n) is 6.60. The first-order chi connectivity index (χ1) is 17.3. The summed E-state index contributed by atoms with van der Waals surface area (Å²) in [6.45, 7) is 19.0. The summed E-state index contributed by atoms with van der Waals surface area (Å²) in [5.74, 6) is -1.18. The summed E-state index contributed by atoms with van der Waals surface area (Å²) < 4.78 is 50.5. The number of methoxy groups -OCH3 is 1. The van der Waals surface area contributed by atoms with E-state index in [-0.39, 0.29) is 23.0 Å². The van der Waals surface area contributed by atoms with Crippen molar-refractivity contribution in [1.82, 2.24) is 0 Å². The molecule has 1 aromatic rings. The lowest BCUT2D eigenvalue weighted by molar-refractivity contribution is -0.181. The second kappa shape index (κ2) is 12.0. The Morgan fingerprint density at radius 3 is 1.90 bits per heavy atom. The van der Waals surface area contributed by atoms with Crippen LogP contribution in [0, 0.1) is 10.8 Å². The summed E-state index contributed by atoms with van der Waals surface area (Å²) >= 11 is 0. The van der Waals surface area contributed by atoms with E-state index in [1.54, 1.807) is 55.4 Å². The van der Waals surface area contributed by atoms with E-state index < -0.39 is 61.6 Å². The van der Waals surface area contributed by atoms with Crippen molar-refractivity contribution in [2.75, 3.05) is 12.4 Å². The molecule has 10 nitrogen and oxygen atoms in total. The molecule has 0 saturated heterocycles. The molecule has 1 aromatic carbocycles. The second-order valence-corrected chi connectivity index (χ2v) is 14.1. The highest BCUT2D eigenvalue weighted by molar-refractivity contribution is 7.86. The Morgan fingerprint density at radius 1 is 0.923 bits per heavy atom. The van der Waals surface area contributed by atoms with E-state index in [4.69, 9.17) is 14.2 Å². The van der Waals surface area contributed by atoms with Crippen molar-refractivity contribution in [2.45, 2.75) is 111 Å². The lowest BCUT2D eigenvalue weighted by Crippen LogP contribution is -2.54. The number of Topliss-reactive ketones (excluding diaryl/α,β-unsaturated/α-hetero) is 2. The van der Waals surface area contributed by atoms with Crippen molar-refractivity contribution in [3.8, 4) is 5.75 Å². The monoisotopic (exact) mass is 571 g/mol. The van der Waals surface area contributed by atoms with Gasteiger partial charge in [-0.1, -0.05) is 34.6 Å². The van der Waals surface area contributed by atoms with Gasteiger partial charge in [-0.05, 0) is 53.7 Å². The molecule has 11 heteroatoms. The van der Waals surface area contributed by atoms with Gasteiger partial charge in [0.05, 0.1) is 35.8 Å². The molecule has 0 aliphatic rings. The zero-order valence-corrected chi connectivity index (χ0v) is 26.0. The van der Waals surface area contributed by atoms with Crippen molar-refractivity contribution in [1.29, 1.82) is 0 Å². The summed E-state index contributed by atoms with van der Waals surface area (Å²) in [6.07, 6.45) is -2.48. The number of nitrogens with one attached hydrogen (secondary N) is 1. The van der Waals surface area contributed by atoms with E-state index >= 15 is 0 Å². The number of benzene rings is 1. The van der Waals surface area contributed by atoms with Crippen LogP contribution in [0.2, 0.25) is 0 Å². The van der Waals surface area contributed by atoms with Gasteiger partial charge in [-0.25, -0.2) is 0 Å². The molecule has 1 rings (SSSR count). The molecule has 39 heavy (non-hydrogen) atoms. The number of rotatable bonds is 12. The fourth-order valence-electron chi connectivity index (χ4n) is 3.88. The number of carbonyl (C=O) groups is 3. The van der Waals surface area contributed by atoms with Gasteiger partial charge in [0.15, 0.2) is 11.6 Å². The summed E-state index contributed by atoms with van der Waals surface area (Å²) in [7, 11) is -3.38. The van der Waals surface area contributed by atoms with Crippen LogP contribution in [0.1, 0.15) is 82.6 Å². The molecule has 0 aliphatic carbocycles. The van der Waals surface area contributed by atoms with Crippen molar-refractivity contribution in [2.24, 2.45) is 10.8 Å². The van der Waals surface area contributed by atoms with Crippen LogP contribution in [0.4, 0.5) is 5.69 Å². The molecular weight excluding hydrogens is 526 g/mol. The van der Waals surface area contributed by atoms with Crippen molar-refractivity contribution in [3.63, 3.8) is 0 Å². The Bertz CT molecular complexity index is 1170. The molecule has 0 fully saturated rings. The first-order valence-electron chi connectivity index (χ1n) is 12.7. The van der Waals surface area contributed by atoms with Gasteiger partial charge >= 0.3 is 0 Å². The normalized spacial score (nSPS) is 14.9. The Labute approximate surface area is 232 Å². The average molecular weight is 572 g/mol. The van der Waals surface area contributed by atoms with Crippen LogP contribution in [-0.4, -0.2) is 61.0 Å². The third kappa shape index (κ3) is 9.37. The number of hydrogen-bond acceptors (Lipinski definition) is 8. The van der Waals surface area contributed by atoms with Gasteiger partial charge in [0, 0.05) is 11.5 Å². The molecular formula is C28H45NO9S. The van der Waals surface area contributed by atoms with Crippen LogP contribution in [-0.2, 0) is 34.0 Å². The largest absolute Gasteiger partial charge is 0.497 e. The maximum Gasteiger partial charge on any atom is 0.296 e. The van der Waals surface area contributed by atoms with Gasteiger partial charge in [-0.15, -0.1) is 0 Å². The summed E-state index contributed by atoms with van der Waals surface area (Å²) in [4.78, 5) is 39.3. The number of hydrogen-bond donors (Lipinski definition) is 2. The number of ketones is 2. The van der Waals surface area contributed by atoms with Crippen LogP contribution in [0.5, 0.6) is 5.75 Å². The molecule has 2 N–H and O–H groups in total. The molecule has 1 amide bonds. The highest BCUT2D eigenvalue weighted by Gasteiger charge is 2.49. The summed E-state index contributed by atoms with van der Waals surface area (Å²) in [6, 6.07) is 3.75. The minimum atomic E-state index is -4.70. The average Bonchev–Trinajstić information content (AvgIpc) is 2.74. The molecule has 0 heterocycles. The zero-order valence-electron chi connectivity index (χ0n) is 25.2. The molecule has 2 atom stereocenters. The molecule has 0 aliphatic heterocycles. The van der Waals surface area contributed by atoms with Gasteiger partial charge in [-0.3, -0.25) is 18.9 Å². The SMILES string of the molecule is COc1ccc(NC(=O)CC(OC(C)(C)C(C)(C)C(=O)C(C)OC(C)(C)C)C(=O)C(C)(C)C)c(S(=O)(=O)O)c1. The Hall–Kier alpha value is -2.34. The summed E-state index contributed by atoms with van der Waals surface area (Å²) in [5, 5.41) is 2.44.